The molecule has 0 aliphatic rings. The summed E-state index contributed by atoms with van der Waals surface area (Å²) in [6.45, 7) is 3.23. The van der Waals surface area contributed by atoms with E-state index in [0.29, 0.717) is 23.7 Å². The average Bonchev–Trinajstić information content (AvgIpc) is 2.66. The minimum atomic E-state index is -4.68. The maximum Gasteiger partial charge on any atom is 0.433 e. The Hall–Kier alpha value is -2.45. The van der Waals surface area contributed by atoms with Crippen LogP contribution in [0.1, 0.15) is 17.1 Å². The van der Waals surface area contributed by atoms with Gasteiger partial charge in [-0.25, -0.2) is 9.67 Å². The second-order valence-electron chi connectivity index (χ2n) is 4.15. The van der Waals surface area contributed by atoms with Crippen LogP contribution >= 0.6 is 0 Å². The van der Waals surface area contributed by atoms with Crippen LogP contribution < -0.4 is 0 Å². The topological polar surface area (TPSA) is 73.8 Å². The Labute approximate surface area is 111 Å². The number of hydrogen-bond acceptors (Lipinski definition) is 4. The van der Waals surface area contributed by atoms with Gasteiger partial charge in [-0.2, -0.15) is 18.3 Å². The van der Waals surface area contributed by atoms with E-state index in [2.05, 4.69) is 10.1 Å². The van der Waals surface area contributed by atoms with Crippen molar-refractivity contribution in [3.63, 3.8) is 0 Å². The van der Waals surface area contributed by atoms with Crippen molar-refractivity contribution in [2.45, 2.75) is 20.0 Å². The van der Waals surface area contributed by atoms with Crippen molar-refractivity contribution in [2.75, 3.05) is 0 Å². The molecule has 0 spiro atoms. The van der Waals surface area contributed by atoms with Gasteiger partial charge in [-0.3, -0.25) is 10.1 Å². The summed E-state index contributed by atoms with van der Waals surface area (Å²) in [4.78, 5) is 13.2. The van der Waals surface area contributed by atoms with Gasteiger partial charge in [0.2, 0.25) is 0 Å². The number of pyridine rings is 1. The summed E-state index contributed by atoms with van der Waals surface area (Å²) in [7, 11) is 0. The molecule has 0 N–H and O–H groups in total. The molecule has 0 unspecified atom stereocenters. The average molecular weight is 286 g/mol. The Kier molecular flexibility index (Phi) is 3.20. The smallest absolute Gasteiger partial charge is 0.258 e. The van der Waals surface area contributed by atoms with Crippen LogP contribution in [0.3, 0.4) is 0 Å². The predicted octanol–water partition coefficient (Wildman–Crippen LogP) is 2.81. The highest BCUT2D eigenvalue weighted by Gasteiger charge is 2.35. The van der Waals surface area contributed by atoms with Crippen molar-refractivity contribution in [1.82, 2.24) is 14.8 Å². The second kappa shape index (κ2) is 4.58. The van der Waals surface area contributed by atoms with Crippen LogP contribution in [0.2, 0.25) is 0 Å². The van der Waals surface area contributed by atoms with Crippen LogP contribution in [0.15, 0.2) is 18.3 Å². The first-order valence-electron chi connectivity index (χ1n) is 5.45. The number of alkyl halides is 3. The van der Waals surface area contributed by atoms with Gasteiger partial charge >= 0.3 is 11.9 Å². The molecule has 9 heteroatoms. The quantitative estimate of drug-likeness (QED) is 0.628. The number of hydrogen-bond donors (Lipinski definition) is 0. The third-order valence-electron chi connectivity index (χ3n) is 2.59. The zero-order valence-electron chi connectivity index (χ0n) is 10.5. The van der Waals surface area contributed by atoms with Gasteiger partial charge in [0.1, 0.15) is 17.6 Å². The first kappa shape index (κ1) is 14.0. The molecule has 0 bridgehead atoms. The molecule has 106 valence electrons. The van der Waals surface area contributed by atoms with E-state index in [-0.39, 0.29) is 5.69 Å². The molecule has 2 aromatic rings. The first-order chi connectivity index (χ1) is 9.20. The van der Waals surface area contributed by atoms with Gasteiger partial charge in [-0.1, -0.05) is 0 Å². The fraction of sp³-hybridized carbons (Fsp3) is 0.273. The van der Waals surface area contributed by atoms with Crippen molar-refractivity contribution < 1.29 is 18.1 Å². The standard InChI is InChI=1S/C11H9F3N4O2/c1-6-3-7(2)17(16-6)8-4-10(11(12,13)14)15-5-9(8)18(19)20/h3-5H,1-2H3. The Morgan fingerprint density at radius 3 is 2.40 bits per heavy atom. The van der Waals surface area contributed by atoms with Crippen LogP contribution in [0.4, 0.5) is 18.9 Å². The summed E-state index contributed by atoms with van der Waals surface area (Å²) in [5, 5.41) is 14.9. The van der Waals surface area contributed by atoms with Crippen LogP contribution in [0.5, 0.6) is 0 Å². The van der Waals surface area contributed by atoms with Gasteiger partial charge in [0.25, 0.3) is 0 Å². The number of nitrogens with zero attached hydrogens (tertiary/aromatic N) is 4. The molecule has 0 radical (unpaired) electrons. The fourth-order valence-electron chi connectivity index (χ4n) is 1.78. The summed E-state index contributed by atoms with van der Waals surface area (Å²) in [5.74, 6) is 0. The van der Waals surface area contributed by atoms with Crippen LogP contribution in [-0.2, 0) is 6.18 Å². The van der Waals surface area contributed by atoms with E-state index >= 15 is 0 Å². The lowest BCUT2D eigenvalue weighted by Crippen LogP contribution is -2.12. The molecule has 0 amide bonds. The van der Waals surface area contributed by atoms with E-state index in [1.165, 1.54) is 0 Å². The summed E-state index contributed by atoms with van der Waals surface area (Å²) < 4.78 is 39.1. The number of aromatic nitrogens is 3. The molecule has 0 aromatic carbocycles. The molecule has 0 fully saturated rings. The number of rotatable bonds is 2. The Morgan fingerprint density at radius 2 is 1.95 bits per heavy atom. The van der Waals surface area contributed by atoms with E-state index in [0.717, 1.165) is 4.68 Å². The maximum absolute atomic E-state index is 12.7. The largest absolute Gasteiger partial charge is 0.433 e. The summed E-state index contributed by atoms with van der Waals surface area (Å²) in [5.41, 5.74) is -0.968. The van der Waals surface area contributed by atoms with Gasteiger partial charge < -0.3 is 0 Å². The van der Waals surface area contributed by atoms with Gasteiger partial charge in [0.15, 0.2) is 0 Å². The third-order valence-corrected chi connectivity index (χ3v) is 2.59. The second-order valence-corrected chi connectivity index (χ2v) is 4.15. The molecule has 0 aliphatic heterocycles. The summed E-state index contributed by atoms with van der Waals surface area (Å²) >= 11 is 0. The third kappa shape index (κ3) is 2.46. The van der Waals surface area contributed by atoms with Crippen LogP contribution in [-0.4, -0.2) is 19.7 Å². The summed E-state index contributed by atoms with van der Waals surface area (Å²) in [6, 6.07) is 2.23. The Bertz CT molecular complexity index is 679. The van der Waals surface area contributed by atoms with E-state index in [1.54, 1.807) is 19.9 Å². The normalized spacial score (nSPS) is 11.7. The van der Waals surface area contributed by atoms with Gasteiger partial charge in [0.05, 0.1) is 10.6 Å². The van der Waals surface area contributed by atoms with Crippen molar-refractivity contribution in [3.8, 4) is 5.69 Å². The van der Waals surface area contributed by atoms with Crippen molar-refractivity contribution in [3.05, 3.63) is 45.5 Å². The van der Waals surface area contributed by atoms with Crippen molar-refractivity contribution >= 4 is 5.69 Å². The molecule has 0 saturated heterocycles. The molecule has 2 rings (SSSR count). The monoisotopic (exact) mass is 286 g/mol. The van der Waals surface area contributed by atoms with Crippen molar-refractivity contribution in [1.29, 1.82) is 0 Å². The van der Waals surface area contributed by atoms with E-state index in [1.807, 2.05) is 0 Å². The van der Waals surface area contributed by atoms with E-state index < -0.39 is 22.5 Å². The molecule has 2 aromatic heterocycles. The van der Waals surface area contributed by atoms with E-state index in [9.17, 15) is 23.3 Å². The zero-order valence-corrected chi connectivity index (χ0v) is 10.5. The highest BCUT2D eigenvalue weighted by molar-refractivity contribution is 5.52. The maximum atomic E-state index is 12.7. The highest BCUT2D eigenvalue weighted by Crippen LogP contribution is 2.32. The molecular weight excluding hydrogens is 277 g/mol. The number of halogens is 3. The van der Waals surface area contributed by atoms with Crippen LogP contribution in [0.25, 0.3) is 5.69 Å². The van der Waals surface area contributed by atoms with Crippen molar-refractivity contribution in [2.24, 2.45) is 0 Å². The first-order valence-corrected chi connectivity index (χ1v) is 5.45. The van der Waals surface area contributed by atoms with Gasteiger partial charge in [0, 0.05) is 11.8 Å². The molecule has 2 heterocycles. The summed E-state index contributed by atoms with van der Waals surface area (Å²) in [6.07, 6.45) is -4.09. The highest BCUT2D eigenvalue weighted by atomic mass is 19.4. The molecular formula is C11H9F3N4O2. The van der Waals surface area contributed by atoms with Gasteiger partial charge in [-0.05, 0) is 19.9 Å². The minimum Gasteiger partial charge on any atom is -0.258 e. The Morgan fingerprint density at radius 1 is 1.30 bits per heavy atom. The van der Waals surface area contributed by atoms with Gasteiger partial charge in [-0.15, -0.1) is 0 Å². The molecule has 0 aliphatic carbocycles. The lowest BCUT2D eigenvalue weighted by atomic mass is 10.2. The number of aryl methyl sites for hydroxylation is 2. The SMILES string of the molecule is Cc1cc(C)n(-c2cc(C(F)(F)F)ncc2[N+](=O)[O-])n1. The molecule has 6 nitrogen and oxygen atoms in total. The minimum absolute atomic E-state index is 0.261. The lowest BCUT2D eigenvalue weighted by Gasteiger charge is -2.09. The van der Waals surface area contributed by atoms with Crippen LogP contribution in [0, 0.1) is 24.0 Å². The Balaban J connectivity index is 2.71. The zero-order chi connectivity index (χ0) is 15.1. The lowest BCUT2D eigenvalue weighted by molar-refractivity contribution is -0.385. The molecule has 20 heavy (non-hydrogen) atoms. The molecule has 0 saturated carbocycles. The molecule has 0 atom stereocenters. The fourth-order valence-corrected chi connectivity index (χ4v) is 1.78. The predicted molar refractivity (Wildman–Crippen MR) is 62.5 cm³/mol. The number of nitro groups is 1. The van der Waals surface area contributed by atoms with E-state index in [4.69, 9.17) is 0 Å².